The molecule has 0 radical (unpaired) electrons. The fourth-order valence-corrected chi connectivity index (χ4v) is 7.17. The number of aromatic hydroxyl groups is 3. The predicted octanol–water partition coefficient (Wildman–Crippen LogP) is 11.3. The van der Waals surface area contributed by atoms with Gasteiger partial charge in [0.2, 0.25) is 0 Å². The van der Waals surface area contributed by atoms with Gasteiger partial charge in [-0.25, -0.2) is 29.5 Å². The molecular formula is C56H46Cl4N6O13. The average molecular weight is 1150 g/mol. The first-order valence-electron chi connectivity index (χ1n) is 22.6. The Bertz CT molecular complexity index is 3400. The fourth-order valence-electron chi connectivity index (χ4n) is 6.41. The van der Waals surface area contributed by atoms with Gasteiger partial charge < -0.3 is 45.5 Å². The summed E-state index contributed by atoms with van der Waals surface area (Å²) in [6.45, 7) is -0.0312. The molecule has 0 unspecified atom stereocenters. The van der Waals surface area contributed by atoms with Crippen LogP contribution in [0.25, 0.3) is 44.5 Å². The number of esters is 2. The van der Waals surface area contributed by atoms with Crippen LogP contribution in [0, 0.1) is 11.3 Å². The Labute approximate surface area is 471 Å². The summed E-state index contributed by atoms with van der Waals surface area (Å²) in [6, 6.07) is 36.4. The molecule has 7 N–H and O–H groups in total. The van der Waals surface area contributed by atoms with Crippen LogP contribution >= 0.6 is 46.4 Å². The lowest BCUT2D eigenvalue weighted by Gasteiger charge is -2.06. The van der Waals surface area contributed by atoms with Crippen molar-refractivity contribution >= 4 is 76.1 Å². The van der Waals surface area contributed by atoms with Crippen LogP contribution in [0.2, 0.25) is 20.1 Å². The smallest absolute Gasteiger partial charge is 0.358 e. The van der Waals surface area contributed by atoms with E-state index in [-0.39, 0.29) is 65.4 Å². The van der Waals surface area contributed by atoms with Gasteiger partial charge >= 0.3 is 23.9 Å². The highest BCUT2D eigenvalue weighted by molar-refractivity contribution is 6.31. The lowest BCUT2D eigenvalue weighted by molar-refractivity contribution is -0.140. The number of halogens is 4. The summed E-state index contributed by atoms with van der Waals surface area (Å²) in [7, 11) is 4.07. The molecule has 0 fully saturated rings. The van der Waals surface area contributed by atoms with Crippen molar-refractivity contribution in [2.45, 2.75) is 12.8 Å². The van der Waals surface area contributed by atoms with Crippen LogP contribution in [0.1, 0.15) is 50.0 Å². The van der Waals surface area contributed by atoms with Crippen molar-refractivity contribution in [1.82, 2.24) is 19.9 Å². The SMILES string of the molecule is COC(=O)CCC(=O)c1ncc(-c2cccc(Cl)c2)cc1O.COC(=O)CN.COc1cc(-c2cccc(Cl)c2)cnc1C#N.O=C(O)c1ncc(-c2cccc(Cl)c2)cc1O.O=C(O)c1ncc(-c2cccc(Cl)c2)cc1O. The number of ether oxygens (including phenoxy) is 3. The van der Waals surface area contributed by atoms with Crippen molar-refractivity contribution in [3.8, 4) is 73.6 Å². The maximum Gasteiger partial charge on any atom is 0.358 e. The van der Waals surface area contributed by atoms with E-state index in [0.717, 1.165) is 27.8 Å². The Balaban J connectivity index is 0.000000220. The third kappa shape index (κ3) is 19.4. The summed E-state index contributed by atoms with van der Waals surface area (Å²) >= 11 is 23.5. The van der Waals surface area contributed by atoms with E-state index in [1.54, 1.807) is 85.1 Å². The lowest BCUT2D eigenvalue weighted by atomic mass is 10.1. The van der Waals surface area contributed by atoms with Crippen molar-refractivity contribution in [3.05, 3.63) is 189 Å². The molecule has 0 bridgehead atoms. The van der Waals surface area contributed by atoms with Gasteiger partial charge in [-0.3, -0.25) is 14.4 Å². The largest absolute Gasteiger partial charge is 0.506 e. The number of methoxy groups -OCH3 is 3. The molecule has 0 amide bonds. The van der Waals surface area contributed by atoms with Gasteiger partial charge in [0.05, 0.1) is 34.3 Å². The van der Waals surface area contributed by atoms with Gasteiger partial charge in [-0.2, -0.15) is 5.26 Å². The number of aromatic carboxylic acids is 2. The molecule has 23 heteroatoms. The number of ketones is 1. The number of carbonyl (C=O) groups is 5. The first-order chi connectivity index (χ1) is 37.7. The number of hydrogen-bond acceptors (Lipinski definition) is 17. The summed E-state index contributed by atoms with van der Waals surface area (Å²) in [5, 5.41) is 57.7. The number of carboxylic acids is 2. The van der Waals surface area contributed by atoms with Gasteiger partial charge in [0, 0.05) is 73.6 Å². The van der Waals surface area contributed by atoms with Crippen LogP contribution in [0.5, 0.6) is 23.0 Å². The van der Waals surface area contributed by atoms with E-state index >= 15 is 0 Å². The van der Waals surface area contributed by atoms with E-state index in [0.29, 0.717) is 42.5 Å². The van der Waals surface area contributed by atoms with Gasteiger partial charge in [-0.05, 0) is 95.1 Å². The second-order valence-electron chi connectivity index (χ2n) is 15.6. The van der Waals surface area contributed by atoms with E-state index in [1.165, 1.54) is 58.1 Å². The number of carbonyl (C=O) groups excluding carboxylic acids is 3. The van der Waals surface area contributed by atoms with Crippen molar-refractivity contribution in [3.63, 3.8) is 0 Å². The molecule has 0 aliphatic rings. The minimum Gasteiger partial charge on any atom is -0.506 e. The van der Waals surface area contributed by atoms with Crippen LogP contribution in [0.3, 0.4) is 0 Å². The summed E-state index contributed by atoms with van der Waals surface area (Å²) < 4.78 is 13.7. The number of hydrogen-bond donors (Lipinski definition) is 6. The molecule has 406 valence electrons. The van der Waals surface area contributed by atoms with Gasteiger partial charge in [0.1, 0.15) is 29.0 Å². The molecule has 0 spiro atoms. The predicted molar refractivity (Wildman–Crippen MR) is 296 cm³/mol. The zero-order valence-electron chi connectivity index (χ0n) is 41.8. The number of pyridine rings is 4. The van der Waals surface area contributed by atoms with Crippen LogP contribution in [0.15, 0.2) is 146 Å². The molecule has 0 aliphatic heterocycles. The molecule has 8 rings (SSSR count). The van der Waals surface area contributed by atoms with Crippen LogP contribution < -0.4 is 10.5 Å². The number of Topliss-reactive ketones (excluding diaryl/α,β-unsaturated/α-hetero) is 1. The van der Waals surface area contributed by atoms with E-state index in [9.17, 15) is 39.3 Å². The van der Waals surface area contributed by atoms with Crippen LogP contribution in [-0.2, 0) is 19.1 Å². The number of benzene rings is 4. The summed E-state index contributed by atoms with van der Waals surface area (Å²) in [6.07, 6.45) is 5.77. The molecule has 8 aromatic rings. The van der Waals surface area contributed by atoms with E-state index in [1.807, 2.05) is 30.3 Å². The molecule has 79 heavy (non-hydrogen) atoms. The molecular weight excluding hydrogens is 1110 g/mol. The minimum atomic E-state index is -1.26. The highest BCUT2D eigenvalue weighted by Crippen LogP contribution is 2.31. The average Bonchev–Trinajstić information content (AvgIpc) is 3.45. The molecule has 0 saturated carbocycles. The van der Waals surface area contributed by atoms with Gasteiger partial charge in [0.15, 0.2) is 28.6 Å². The topological polar surface area (TPSA) is 316 Å². The third-order valence-electron chi connectivity index (χ3n) is 10.3. The Morgan fingerprint density at radius 1 is 0.494 bits per heavy atom. The van der Waals surface area contributed by atoms with Crippen molar-refractivity contribution in [2.75, 3.05) is 27.9 Å². The number of rotatable bonds is 12. The molecule has 0 saturated heterocycles. The number of carboxylic acid groups (broad SMARTS) is 2. The summed E-state index contributed by atoms with van der Waals surface area (Å²) in [5.41, 5.74) is 10.3. The second kappa shape index (κ2) is 31.2. The van der Waals surface area contributed by atoms with Gasteiger partial charge in [-0.1, -0.05) is 94.9 Å². The van der Waals surface area contributed by atoms with E-state index in [2.05, 4.69) is 29.4 Å². The Hall–Kier alpha value is -9.16. The zero-order valence-corrected chi connectivity index (χ0v) is 44.8. The Kier molecular flexibility index (Phi) is 24.6. The molecule has 19 nitrogen and oxygen atoms in total. The molecule has 4 aromatic carbocycles. The number of aromatic nitrogens is 4. The van der Waals surface area contributed by atoms with Crippen molar-refractivity contribution in [1.29, 1.82) is 5.26 Å². The third-order valence-corrected chi connectivity index (χ3v) is 11.2. The first kappa shape index (κ1) is 62.4. The summed E-state index contributed by atoms with van der Waals surface area (Å²) in [5.74, 6) is -4.30. The molecule has 4 heterocycles. The first-order valence-corrected chi connectivity index (χ1v) is 24.1. The molecule has 0 atom stereocenters. The number of nitriles is 1. The van der Waals surface area contributed by atoms with Crippen molar-refractivity contribution in [2.24, 2.45) is 5.73 Å². The van der Waals surface area contributed by atoms with E-state index < -0.39 is 23.7 Å². The Morgan fingerprint density at radius 2 is 0.835 bits per heavy atom. The minimum absolute atomic E-state index is 0.0312. The second-order valence-corrected chi connectivity index (χ2v) is 17.3. The van der Waals surface area contributed by atoms with Gasteiger partial charge in [-0.15, -0.1) is 0 Å². The van der Waals surface area contributed by atoms with Gasteiger partial charge in [0.25, 0.3) is 0 Å². The summed E-state index contributed by atoms with van der Waals surface area (Å²) in [4.78, 5) is 69.6. The Morgan fingerprint density at radius 3 is 1.11 bits per heavy atom. The molecule has 4 aromatic heterocycles. The lowest BCUT2D eigenvalue weighted by Crippen LogP contribution is -2.14. The monoisotopic (exact) mass is 1150 g/mol. The van der Waals surface area contributed by atoms with Crippen LogP contribution in [0.4, 0.5) is 0 Å². The number of nitrogens with zero attached hydrogens (tertiary/aromatic N) is 5. The fraction of sp³-hybridized carbons (Fsp3) is 0.107. The van der Waals surface area contributed by atoms with Crippen molar-refractivity contribution < 1.29 is 63.7 Å². The van der Waals surface area contributed by atoms with E-state index in [4.69, 9.17) is 72.3 Å². The maximum atomic E-state index is 11.9. The normalized spacial score (nSPS) is 9.91. The highest BCUT2D eigenvalue weighted by Gasteiger charge is 2.17. The van der Waals surface area contributed by atoms with Crippen LogP contribution in [-0.4, -0.2) is 103 Å². The molecule has 0 aliphatic carbocycles. The standard InChI is InChI=1S/C16H14ClNO4.C13H9ClN2O.2C12H8ClNO3.C3H7NO2/c1-22-15(21)6-5-13(19)16-14(20)8-11(9-18-16)10-3-2-4-12(17)7-10;1-17-13-6-10(8-16-12(13)7-15)9-3-2-4-11(14)5-9;2*13-9-3-1-2-7(4-9)8-5-10(15)11(12(16)17)14-6-8;1-6-3(5)2-4/h2-4,7-9,20H,5-6H2,1H3;2-6,8H,1H3;2*1-6,15H,(H,16,17);2,4H2,1H3. The highest BCUT2D eigenvalue weighted by atomic mass is 35.5. The quantitative estimate of drug-likeness (QED) is 0.0489. The number of nitrogens with two attached hydrogens (primary N) is 1. The maximum absolute atomic E-state index is 11.9. The zero-order chi connectivity index (χ0) is 58.2.